The number of nitrogens with one attached hydrogen (secondary N) is 1. The van der Waals surface area contributed by atoms with Crippen LogP contribution in [0.3, 0.4) is 0 Å². The number of ether oxygens (including phenoxy) is 2. The van der Waals surface area contributed by atoms with E-state index in [-0.39, 0.29) is 11.1 Å². The van der Waals surface area contributed by atoms with Crippen LogP contribution in [-0.2, 0) is 9.47 Å². The van der Waals surface area contributed by atoms with Gasteiger partial charge in [0.15, 0.2) is 0 Å². The molecule has 0 aromatic heterocycles. The molecule has 1 amide bonds. The molecule has 0 spiro atoms. The fourth-order valence-electron chi connectivity index (χ4n) is 2.46. The van der Waals surface area contributed by atoms with Gasteiger partial charge in [-0.2, -0.15) is 0 Å². The summed E-state index contributed by atoms with van der Waals surface area (Å²) in [6.07, 6.45) is 1.26. The van der Waals surface area contributed by atoms with E-state index in [0.717, 1.165) is 12.8 Å². The van der Waals surface area contributed by atoms with Crippen molar-refractivity contribution in [3.8, 4) is 0 Å². The number of alkyl carbamates (subject to hydrolysis) is 1. The van der Waals surface area contributed by atoms with Crippen LogP contribution in [0.1, 0.15) is 33.6 Å². The highest BCUT2D eigenvalue weighted by Crippen LogP contribution is 2.49. The molecule has 5 heteroatoms. The van der Waals surface area contributed by atoms with Gasteiger partial charge >= 0.3 is 6.09 Å². The Balaban J connectivity index is 1.75. The fraction of sp³-hybridized carbons (Fsp3) is 0.909. The monoisotopic (exact) mass is 228 g/mol. The Labute approximate surface area is 95.7 Å². The van der Waals surface area contributed by atoms with Crippen LogP contribution in [0.4, 0.5) is 4.79 Å². The zero-order valence-electron chi connectivity index (χ0n) is 10.1. The summed E-state index contributed by atoms with van der Waals surface area (Å²) in [5.41, 5.74) is 5.13. The lowest BCUT2D eigenvalue weighted by molar-refractivity contribution is -0.00598. The Bertz CT molecular complexity index is 303. The van der Waals surface area contributed by atoms with Crippen molar-refractivity contribution in [1.29, 1.82) is 0 Å². The van der Waals surface area contributed by atoms with Gasteiger partial charge in [-0.1, -0.05) is 0 Å². The Morgan fingerprint density at radius 2 is 2.12 bits per heavy atom. The second-order valence-corrected chi connectivity index (χ2v) is 6.04. The van der Waals surface area contributed by atoms with E-state index in [0.29, 0.717) is 13.2 Å². The van der Waals surface area contributed by atoms with Gasteiger partial charge in [-0.05, 0) is 33.6 Å². The predicted molar refractivity (Wildman–Crippen MR) is 59.1 cm³/mol. The Morgan fingerprint density at radius 1 is 1.50 bits per heavy atom. The van der Waals surface area contributed by atoms with Crippen LogP contribution >= 0.6 is 0 Å². The summed E-state index contributed by atoms with van der Waals surface area (Å²) in [7, 11) is 0. The number of rotatable bonds is 2. The van der Waals surface area contributed by atoms with Gasteiger partial charge in [0.1, 0.15) is 5.60 Å². The van der Waals surface area contributed by atoms with Crippen molar-refractivity contribution in [3.63, 3.8) is 0 Å². The first-order chi connectivity index (χ1) is 7.22. The summed E-state index contributed by atoms with van der Waals surface area (Å²) in [5.74, 6) is 0. The van der Waals surface area contributed by atoms with Gasteiger partial charge in [0.05, 0.1) is 18.8 Å². The molecule has 0 atom stereocenters. The summed E-state index contributed by atoms with van der Waals surface area (Å²) in [5, 5.41) is 2.74. The van der Waals surface area contributed by atoms with Crippen molar-refractivity contribution in [2.45, 2.75) is 50.4 Å². The molecule has 1 aliphatic carbocycles. The molecule has 2 heterocycles. The maximum atomic E-state index is 11.4. The van der Waals surface area contributed by atoms with E-state index < -0.39 is 11.7 Å². The fourth-order valence-corrected chi connectivity index (χ4v) is 2.46. The van der Waals surface area contributed by atoms with E-state index in [1.54, 1.807) is 0 Å². The number of hydrogen-bond acceptors (Lipinski definition) is 4. The Kier molecular flexibility index (Phi) is 2.44. The van der Waals surface area contributed by atoms with Gasteiger partial charge in [-0.3, -0.25) is 0 Å². The normalized spacial score (nSPS) is 36.8. The van der Waals surface area contributed by atoms with Crippen LogP contribution in [0, 0.1) is 0 Å². The molecular formula is C11H20N2O3. The van der Waals surface area contributed by atoms with Crippen LogP contribution in [-0.4, -0.2) is 36.0 Å². The minimum atomic E-state index is -0.463. The summed E-state index contributed by atoms with van der Waals surface area (Å²) in [6, 6.07) is 0. The smallest absolute Gasteiger partial charge is 0.407 e. The third kappa shape index (κ3) is 2.30. The van der Waals surface area contributed by atoms with E-state index >= 15 is 0 Å². The molecule has 92 valence electrons. The van der Waals surface area contributed by atoms with Gasteiger partial charge < -0.3 is 20.5 Å². The minimum Gasteiger partial charge on any atom is -0.444 e. The van der Waals surface area contributed by atoms with E-state index in [2.05, 4.69) is 5.32 Å². The van der Waals surface area contributed by atoms with Gasteiger partial charge in [-0.15, -0.1) is 0 Å². The molecular weight excluding hydrogens is 208 g/mol. The molecule has 1 saturated carbocycles. The average Bonchev–Trinajstić information content (AvgIpc) is 2.51. The first-order valence-electron chi connectivity index (χ1n) is 5.62. The number of fused-ring (bicyclic) bond motifs is 1. The summed E-state index contributed by atoms with van der Waals surface area (Å²) in [6.45, 7) is 6.60. The number of carbonyl (C=O) groups is 1. The number of hydrogen-bond donors (Lipinski definition) is 2. The molecule has 16 heavy (non-hydrogen) atoms. The van der Waals surface area contributed by atoms with Gasteiger partial charge in [0, 0.05) is 5.54 Å². The summed E-state index contributed by atoms with van der Waals surface area (Å²) >= 11 is 0. The van der Waals surface area contributed by atoms with E-state index in [9.17, 15) is 4.79 Å². The van der Waals surface area contributed by atoms with Crippen molar-refractivity contribution in [2.24, 2.45) is 5.73 Å². The number of amides is 1. The molecule has 2 saturated heterocycles. The second kappa shape index (κ2) is 3.34. The quantitative estimate of drug-likeness (QED) is 0.732. The Hall–Kier alpha value is -0.810. The number of nitrogens with two attached hydrogens (primary N) is 1. The first-order valence-corrected chi connectivity index (χ1v) is 5.62. The predicted octanol–water partition coefficient (Wildman–Crippen LogP) is 0.771. The van der Waals surface area contributed by atoms with Crippen molar-refractivity contribution < 1.29 is 14.3 Å². The largest absolute Gasteiger partial charge is 0.444 e. The first kappa shape index (κ1) is 11.7. The van der Waals surface area contributed by atoms with Crippen LogP contribution in [0.5, 0.6) is 0 Å². The zero-order valence-corrected chi connectivity index (χ0v) is 10.1. The van der Waals surface area contributed by atoms with E-state index in [1.807, 2.05) is 20.8 Å². The van der Waals surface area contributed by atoms with Crippen molar-refractivity contribution in [1.82, 2.24) is 5.32 Å². The number of carbonyl (C=O) groups excluding carboxylic acids is 1. The van der Waals surface area contributed by atoms with Crippen LogP contribution < -0.4 is 11.1 Å². The Morgan fingerprint density at radius 3 is 2.56 bits per heavy atom. The van der Waals surface area contributed by atoms with Crippen molar-refractivity contribution in [3.05, 3.63) is 0 Å². The molecule has 0 aromatic carbocycles. The zero-order chi connectivity index (χ0) is 12.0. The maximum Gasteiger partial charge on any atom is 0.407 e. The third-order valence-electron chi connectivity index (χ3n) is 2.97. The third-order valence-corrected chi connectivity index (χ3v) is 2.97. The molecule has 0 radical (unpaired) electrons. The standard InChI is InChI=1S/C11H20N2O3/c1-9(2,3)16-8(14)13-6-11-4-10(12,5-11)7-15-11/h4-7,12H2,1-3H3,(H,13,14). The van der Waals surface area contributed by atoms with Crippen LogP contribution in [0.25, 0.3) is 0 Å². The molecule has 3 rings (SSSR count). The topological polar surface area (TPSA) is 73.6 Å². The molecule has 2 aliphatic heterocycles. The summed E-state index contributed by atoms with van der Waals surface area (Å²) < 4.78 is 10.8. The lowest BCUT2D eigenvalue weighted by Gasteiger charge is -2.42. The SMILES string of the molecule is CC(C)(C)OC(=O)NCC12CC(N)(CO1)C2. The lowest BCUT2D eigenvalue weighted by atomic mass is 9.69. The molecule has 0 unspecified atom stereocenters. The van der Waals surface area contributed by atoms with Gasteiger partial charge in [-0.25, -0.2) is 4.79 Å². The van der Waals surface area contributed by atoms with Crippen molar-refractivity contribution in [2.75, 3.05) is 13.2 Å². The highest BCUT2D eigenvalue weighted by Gasteiger charge is 2.60. The molecule has 3 N–H and O–H groups in total. The van der Waals surface area contributed by atoms with E-state index in [1.165, 1.54) is 0 Å². The molecule has 5 nitrogen and oxygen atoms in total. The molecule has 0 aromatic rings. The lowest BCUT2D eigenvalue weighted by Crippen LogP contribution is -2.59. The van der Waals surface area contributed by atoms with E-state index in [4.69, 9.17) is 15.2 Å². The summed E-state index contributed by atoms with van der Waals surface area (Å²) in [4.78, 5) is 11.4. The average molecular weight is 228 g/mol. The highest BCUT2D eigenvalue weighted by atomic mass is 16.6. The van der Waals surface area contributed by atoms with Crippen LogP contribution in [0.15, 0.2) is 0 Å². The van der Waals surface area contributed by atoms with Gasteiger partial charge in [0.25, 0.3) is 0 Å². The van der Waals surface area contributed by atoms with Crippen LogP contribution in [0.2, 0.25) is 0 Å². The highest BCUT2D eigenvalue weighted by molar-refractivity contribution is 5.67. The minimum absolute atomic E-state index is 0.143. The maximum absolute atomic E-state index is 11.4. The molecule has 2 bridgehead atoms. The van der Waals surface area contributed by atoms with Gasteiger partial charge in [0.2, 0.25) is 0 Å². The molecule has 3 fully saturated rings. The second-order valence-electron chi connectivity index (χ2n) is 6.04. The molecule has 3 aliphatic rings. The van der Waals surface area contributed by atoms with Crippen molar-refractivity contribution >= 4 is 6.09 Å².